The van der Waals surface area contributed by atoms with Gasteiger partial charge in [0, 0.05) is 31.1 Å². The van der Waals surface area contributed by atoms with Gasteiger partial charge in [0.05, 0.1) is 31.8 Å². The molecule has 8 rings (SSSR count). The molecule has 0 bridgehead atoms. The van der Waals surface area contributed by atoms with Gasteiger partial charge in [-0.15, -0.1) is 0 Å². The van der Waals surface area contributed by atoms with E-state index < -0.39 is 24.3 Å². The van der Waals surface area contributed by atoms with E-state index in [4.69, 9.17) is 14.2 Å². The zero-order valence-electron chi connectivity index (χ0n) is 32.3. The van der Waals surface area contributed by atoms with Gasteiger partial charge >= 0.3 is 6.09 Å². The molecule has 4 fully saturated rings. The van der Waals surface area contributed by atoms with E-state index in [-0.39, 0.29) is 44.3 Å². The number of nitrogens with zero attached hydrogens (tertiary/aromatic N) is 3. The predicted octanol–water partition coefficient (Wildman–Crippen LogP) is 6.51. The number of hydrogen-bond acceptors (Lipinski definition) is 9. The monoisotopic (exact) mass is 772 g/mol. The van der Waals surface area contributed by atoms with E-state index in [1.165, 1.54) is 43.7 Å². The lowest BCUT2D eigenvalue weighted by Gasteiger charge is -2.39. The van der Waals surface area contributed by atoms with Crippen molar-refractivity contribution in [2.75, 3.05) is 32.7 Å². The van der Waals surface area contributed by atoms with Crippen molar-refractivity contribution in [3.63, 3.8) is 0 Å². The van der Waals surface area contributed by atoms with Crippen LogP contribution in [0.5, 0.6) is 0 Å². The van der Waals surface area contributed by atoms with E-state index >= 15 is 0 Å². The smallest absolute Gasteiger partial charge is 0.408 e. The molecular formula is C46H52N4O7. The molecule has 4 aromatic rings. The van der Waals surface area contributed by atoms with Gasteiger partial charge in [0.25, 0.3) is 5.91 Å². The minimum absolute atomic E-state index is 0.00406. The van der Waals surface area contributed by atoms with Crippen LogP contribution in [-0.2, 0) is 43.6 Å². The van der Waals surface area contributed by atoms with Crippen LogP contribution < -0.4 is 5.32 Å². The van der Waals surface area contributed by atoms with Crippen molar-refractivity contribution in [2.45, 2.75) is 88.9 Å². The first kappa shape index (κ1) is 38.9. The number of carbonyl (C=O) groups is 3. The number of amides is 3. The van der Waals surface area contributed by atoms with Crippen LogP contribution in [-0.4, -0.2) is 88.6 Å². The minimum Gasteiger partial charge on any atom is -0.445 e. The van der Waals surface area contributed by atoms with Crippen LogP contribution in [0.1, 0.15) is 78.7 Å². The number of benzene rings is 4. The summed E-state index contributed by atoms with van der Waals surface area (Å²) < 4.78 is 18.8. The highest BCUT2D eigenvalue weighted by atomic mass is 16.7. The Morgan fingerprint density at radius 2 is 1.53 bits per heavy atom. The zero-order chi connectivity index (χ0) is 39.1. The molecular weight excluding hydrogens is 721 g/mol. The first-order chi connectivity index (χ1) is 27.9. The molecule has 11 nitrogen and oxygen atoms in total. The molecule has 0 aromatic heterocycles. The molecule has 0 radical (unpaired) electrons. The Morgan fingerprint density at radius 3 is 2.32 bits per heavy atom. The number of imide groups is 1. The molecule has 57 heavy (non-hydrogen) atoms. The fourth-order valence-electron chi connectivity index (χ4n) is 8.67. The van der Waals surface area contributed by atoms with Crippen molar-refractivity contribution in [1.82, 2.24) is 20.0 Å². The maximum absolute atomic E-state index is 13.3. The van der Waals surface area contributed by atoms with E-state index in [2.05, 4.69) is 33.3 Å². The van der Waals surface area contributed by atoms with Crippen LogP contribution in [0, 0.1) is 0 Å². The maximum atomic E-state index is 13.3. The second kappa shape index (κ2) is 18.1. The van der Waals surface area contributed by atoms with Crippen molar-refractivity contribution < 1.29 is 33.7 Å². The molecule has 5 atom stereocenters. The molecule has 4 heterocycles. The SMILES string of the molecule is O=C(NC1CC(=O)N(Cc2cccc(-c3cccc(C4OC(CN5CCCC5CN5CCCC5)CC(c5ccc(CO)cc5)O4)c3)c2)C1=O)OCc1ccccc1. The number of nitrogens with one attached hydrogen (secondary N) is 1. The molecule has 298 valence electrons. The third-order valence-electron chi connectivity index (χ3n) is 11.7. The van der Waals surface area contributed by atoms with Crippen molar-refractivity contribution in [2.24, 2.45) is 0 Å². The summed E-state index contributed by atoms with van der Waals surface area (Å²) in [5.41, 5.74) is 6.34. The van der Waals surface area contributed by atoms with Crippen molar-refractivity contribution in [3.05, 3.63) is 131 Å². The number of aliphatic hydroxyl groups is 1. The van der Waals surface area contributed by atoms with Gasteiger partial charge in [-0.25, -0.2) is 4.79 Å². The maximum Gasteiger partial charge on any atom is 0.408 e. The number of alkyl carbamates (subject to hydrolysis) is 1. The summed E-state index contributed by atoms with van der Waals surface area (Å²) in [6, 6.07) is 32.8. The zero-order valence-corrected chi connectivity index (χ0v) is 32.3. The summed E-state index contributed by atoms with van der Waals surface area (Å²) in [5, 5.41) is 12.2. The molecule has 4 aliphatic heterocycles. The number of ether oxygens (including phenoxy) is 3. The Morgan fingerprint density at radius 1 is 0.772 bits per heavy atom. The van der Waals surface area contributed by atoms with E-state index in [9.17, 15) is 19.5 Å². The summed E-state index contributed by atoms with van der Waals surface area (Å²) in [6.07, 6.45) is 4.11. The molecule has 3 amide bonds. The van der Waals surface area contributed by atoms with Crippen molar-refractivity contribution in [1.29, 1.82) is 0 Å². The van der Waals surface area contributed by atoms with E-state index in [1.54, 1.807) is 0 Å². The second-order valence-electron chi connectivity index (χ2n) is 15.8. The van der Waals surface area contributed by atoms with Gasteiger partial charge in [-0.3, -0.25) is 19.4 Å². The summed E-state index contributed by atoms with van der Waals surface area (Å²) in [6.45, 7) is 5.61. The lowest BCUT2D eigenvalue weighted by atomic mass is 9.98. The van der Waals surface area contributed by atoms with Crippen molar-refractivity contribution >= 4 is 17.9 Å². The molecule has 11 heteroatoms. The van der Waals surface area contributed by atoms with Gasteiger partial charge < -0.3 is 29.5 Å². The minimum atomic E-state index is -0.974. The van der Waals surface area contributed by atoms with Gasteiger partial charge in [-0.1, -0.05) is 91.0 Å². The van der Waals surface area contributed by atoms with Crippen LogP contribution in [0.3, 0.4) is 0 Å². The van der Waals surface area contributed by atoms with E-state index in [0.717, 1.165) is 65.0 Å². The number of carbonyl (C=O) groups excluding carboxylic acids is 3. The molecule has 0 aliphatic carbocycles. The summed E-state index contributed by atoms with van der Waals surface area (Å²) in [5.74, 6) is -0.805. The Labute approximate surface area is 334 Å². The summed E-state index contributed by atoms with van der Waals surface area (Å²) in [7, 11) is 0. The van der Waals surface area contributed by atoms with Gasteiger partial charge in [-0.05, 0) is 90.8 Å². The molecule has 5 unspecified atom stereocenters. The lowest BCUT2D eigenvalue weighted by molar-refractivity contribution is -0.253. The highest BCUT2D eigenvalue weighted by Gasteiger charge is 2.40. The Bertz CT molecular complexity index is 2000. The first-order valence-corrected chi connectivity index (χ1v) is 20.4. The molecule has 4 aliphatic rings. The number of likely N-dealkylation sites (tertiary alicyclic amines) is 3. The second-order valence-corrected chi connectivity index (χ2v) is 15.8. The van der Waals surface area contributed by atoms with Crippen LogP contribution in [0.2, 0.25) is 0 Å². The lowest BCUT2D eigenvalue weighted by Crippen LogP contribution is -2.45. The molecule has 0 saturated carbocycles. The molecule has 4 saturated heterocycles. The van der Waals surface area contributed by atoms with Gasteiger partial charge in [0.2, 0.25) is 5.91 Å². The molecule has 4 aromatic carbocycles. The van der Waals surface area contributed by atoms with Crippen LogP contribution in [0.15, 0.2) is 103 Å². The Hall–Kier alpha value is -4.91. The average molecular weight is 773 g/mol. The van der Waals surface area contributed by atoms with E-state index in [0.29, 0.717) is 6.04 Å². The average Bonchev–Trinajstić information content (AvgIpc) is 3.99. The van der Waals surface area contributed by atoms with E-state index in [1.807, 2.05) is 84.9 Å². The fraction of sp³-hybridized carbons (Fsp3) is 0.413. The van der Waals surface area contributed by atoms with Gasteiger partial charge in [0.15, 0.2) is 6.29 Å². The summed E-state index contributed by atoms with van der Waals surface area (Å²) in [4.78, 5) is 45.2. The van der Waals surface area contributed by atoms with Crippen LogP contribution in [0.25, 0.3) is 11.1 Å². The van der Waals surface area contributed by atoms with Crippen LogP contribution in [0.4, 0.5) is 4.79 Å². The quantitative estimate of drug-likeness (QED) is 0.147. The Kier molecular flexibility index (Phi) is 12.4. The standard InChI is InChI=1S/C46H52N4O7/c51-30-32-16-18-35(19-17-32)42-25-40(29-49-22-8-15-39(49)28-48-20-4-5-21-48)56-45(57-42)38-14-7-13-37(24-38)36-12-6-11-34(23-36)27-50-43(52)26-41(44(50)53)47-46(54)55-31-33-9-2-1-3-10-33/h1-3,6-7,9-14,16-19,23-24,39-42,45,51H,4-5,8,15,20-22,25-31H2,(H,47,54). The summed E-state index contributed by atoms with van der Waals surface area (Å²) >= 11 is 0. The third-order valence-corrected chi connectivity index (χ3v) is 11.7. The number of hydrogen-bond donors (Lipinski definition) is 2. The predicted molar refractivity (Wildman–Crippen MR) is 214 cm³/mol. The number of aliphatic hydroxyl groups excluding tert-OH is 1. The van der Waals surface area contributed by atoms with Crippen molar-refractivity contribution in [3.8, 4) is 11.1 Å². The van der Waals surface area contributed by atoms with Gasteiger partial charge in [0.1, 0.15) is 12.6 Å². The molecule has 2 N–H and O–H groups in total. The van der Waals surface area contributed by atoms with Crippen LogP contribution >= 0.6 is 0 Å². The normalized spacial score (nSPS) is 24.3. The van der Waals surface area contributed by atoms with Gasteiger partial charge in [-0.2, -0.15) is 0 Å². The first-order valence-electron chi connectivity index (χ1n) is 20.4. The fourth-order valence-corrected chi connectivity index (χ4v) is 8.67. The molecule has 0 spiro atoms. The highest BCUT2D eigenvalue weighted by molar-refractivity contribution is 6.06. The number of rotatable bonds is 13. The highest BCUT2D eigenvalue weighted by Crippen LogP contribution is 2.40. The Balaban J connectivity index is 0.947. The topological polar surface area (TPSA) is 121 Å². The third kappa shape index (κ3) is 9.63. The largest absolute Gasteiger partial charge is 0.445 e.